The Morgan fingerprint density at radius 2 is 1.84 bits per heavy atom. The molecule has 0 aliphatic heterocycles. The fourth-order valence-corrected chi connectivity index (χ4v) is 2.49. The third-order valence-corrected chi connectivity index (χ3v) is 3.43. The molecule has 4 heteroatoms. The SMILES string of the molecule is CC(=O)O/N=C(\c1ccccc1)C1(O)CCCCC1. The molecule has 0 atom stereocenters. The Morgan fingerprint density at radius 3 is 2.42 bits per heavy atom. The first-order valence-corrected chi connectivity index (χ1v) is 6.66. The highest BCUT2D eigenvalue weighted by Gasteiger charge is 2.36. The van der Waals surface area contributed by atoms with Gasteiger partial charge in [-0.1, -0.05) is 54.8 Å². The van der Waals surface area contributed by atoms with E-state index in [0.717, 1.165) is 24.8 Å². The van der Waals surface area contributed by atoms with Gasteiger partial charge in [-0.2, -0.15) is 0 Å². The van der Waals surface area contributed by atoms with E-state index in [9.17, 15) is 9.90 Å². The van der Waals surface area contributed by atoms with Crippen molar-refractivity contribution >= 4 is 11.7 Å². The van der Waals surface area contributed by atoms with Crippen LogP contribution in [-0.2, 0) is 9.63 Å². The monoisotopic (exact) mass is 261 g/mol. The van der Waals surface area contributed by atoms with Gasteiger partial charge in [-0.25, -0.2) is 4.79 Å². The molecule has 2 rings (SSSR count). The summed E-state index contributed by atoms with van der Waals surface area (Å²) in [6.45, 7) is 1.30. The summed E-state index contributed by atoms with van der Waals surface area (Å²) in [7, 11) is 0. The second kappa shape index (κ2) is 5.97. The number of rotatable bonds is 3. The van der Waals surface area contributed by atoms with Crippen LogP contribution in [0.3, 0.4) is 0 Å². The van der Waals surface area contributed by atoms with Crippen LogP contribution in [0.25, 0.3) is 0 Å². The lowest BCUT2D eigenvalue weighted by atomic mass is 9.79. The van der Waals surface area contributed by atoms with E-state index in [-0.39, 0.29) is 0 Å². The van der Waals surface area contributed by atoms with Gasteiger partial charge in [-0.3, -0.25) is 0 Å². The molecule has 0 amide bonds. The summed E-state index contributed by atoms with van der Waals surface area (Å²) in [6, 6.07) is 9.40. The second-order valence-corrected chi connectivity index (χ2v) is 4.98. The van der Waals surface area contributed by atoms with Crippen LogP contribution in [0.5, 0.6) is 0 Å². The molecular weight excluding hydrogens is 242 g/mol. The van der Waals surface area contributed by atoms with Gasteiger partial charge in [-0.05, 0) is 12.8 Å². The lowest BCUT2D eigenvalue weighted by molar-refractivity contribution is -0.141. The molecule has 0 unspecified atom stereocenters. The minimum atomic E-state index is -0.991. The van der Waals surface area contributed by atoms with Gasteiger partial charge in [0.15, 0.2) is 0 Å². The molecule has 1 aromatic rings. The predicted molar refractivity (Wildman–Crippen MR) is 72.8 cm³/mol. The van der Waals surface area contributed by atoms with Crippen molar-refractivity contribution in [3.63, 3.8) is 0 Å². The Bertz CT molecular complexity index is 462. The first-order chi connectivity index (χ1) is 9.12. The molecule has 0 spiro atoms. The Balaban J connectivity index is 2.34. The van der Waals surface area contributed by atoms with Crippen molar-refractivity contribution in [1.29, 1.82) is 0 Å². The lowest BCUT2D eigenvalue weighted by Crippen LogP contribution is -2.41. The number of hydrogen-bond donors (Lipinski definition) is 1. The summed E-state index contributed by atoms with van der Waals surface area (Å²) < 4.78 is 0. The maximum absolute atomic E-state index is 11.0. The molecule has 1 fully saturated rings. The Kier molecular flexibility index (Phi) is 4.32. The van der Waals surface area contributed by atoms with Gasteiger partial charge in [-0.15, -0.1) is 0 Å². The Hall–Kier alpha value is -1.68. The van der Waals surface area contributed by atoms with Crippen molar-refractivity contribution in [3.8, 4) is 0 Å². The quantitative estimate of drug-likeness (QED) is 0.517. The topological polar surface area (TPSA) is 58.9 Å². The number of oxime groups is 1. The predicted octanol–water partition coefficient (Wildman–Crippen LogP) is 2.65. The van der Waals surface area contributed by atoms with Gasteiger partial charge >= 0.3 is 5.97 Å². The normalized spacial score (nSPS) is 18.9. The minimum absolute atomic E-state index is 0.461. The van der Waals surface area contributed by atoms with Crippen molar-refractivity contribution in [2.24, 2.45) is 5.16 Å². The molecule has 0 saturated heterocycles. The van der Waals surface area contributed by atoms with Crippen molar-refractivity contribution in [2.75, 3.05) is 0 Å². The smallest absolute Gasteiger partial charge is 0.331 e. The highest BCUT2D eigenvalue weighted by molar-refractivity contribution is 6.06. The summed E-state index contributed by atoms with van der Waals surface area (Å²) in [5.74, 6) is -0.479. The fourth-order valence-electron chi connectivity index (χ4n) is 2.49. The maximum atomic E-state index is 11.0. The number of aliphatic hydroxyl groups is 1. The summed E-state index contributed by atoms with van der Waals surface area (Å²) in [6.07, 6.45) is 4.35. The van der Waals surface area contributed by atoms with Crippen LogP contribution in [0.15, 0.2) is 35.5 Å². The molecule has 1 saturated carbocycles. The maximum Gasteiger partial charge on any atom is 0.331 e. The van der Waals surface area contributed by atoms with E-state index in [1.807, 2.05) is 30.3 Å². The van der Waals surface area contributed by atoms with Crippen molar-refractivity contribution in [1.82, 2.24) is 0 Å². The number of carbonyl (C=O) groups is 1. The van der Waals surface area contributed by atoms with Crippen molar-refractivity contribution < 1.29 is 14.7 Å². The van der Waals surface area contributed by atoms with Crippen molar-refractivity contribution in [3.05, 3.63) is 35.9 Å². The van der Waals surface area contributed by atoms with E-state index < -0.39 is 11.6 Å². The van der Waals surface area contributed by atoms with E-state index in [1.54, 1.807) is 0 Å². The van der Waals surface area contributed by atoms with Gasteiger partial charge in [0.2, 0.25) is 0 Å². The van der Waals surface area contributed by atoms with E-state index in [1.165, 1.54) is 6.92 Å². The van der Waals surface area contributed by atoms with Crippen LogP contribution in [0.1, 0.15) is 44.6 Å². The van der Waals surface area contributed by atoms with Crippen LogP contribution in [0.2, 0.25) is 0 Å². The molecule has 0 bridgehead atoms. The molecular formula is C15H19NO3. The van der Waals surface area contributed by atoms with E-state index in [0.29, 0.717) is 18.6 Å². The molecule has 1 aliphatic rings. The number of benzene rings is 1. The Labute approximate surface area is 113 Å². The van der Waals surface area contributed by atoms with Crippen LogP contribution < -0.4 is 0 Å². The summed E-state index contributed by atoms with van der Waals surface area (Å²) in [5.41, 5.74) is 0.269. The largest absolute Gasteiger partial charge is 0.383 e. The number of hydrogen-bond acceptors (Lipinski definition) is 4. The average molecular weight is 261 g/mol. The molecule has 1 N–H and O–H groups in total. The standard InChI is InChI=1S/C15H19NO3/c1-12(17)19-16-14(13-8-4-2-5-9-13)15(18)10-6-3-7-11-15/h2,4-5,8-9,18H,3,6-7,10-11H2,1H3/b16-14+. The van der Waals surface area contributed by atoms with Crippen LogP contribution >= 0.6 is 0 Å². The fraction of sp³-hybridized carbons (Fsp3) is 0.467. The van der Waals surface area contributed by atoms with Gasteiger partial charge in [0, 0.05) is 12.5 Å². The molecule has 19 heavy (non-hydrogen) atoms. The van der Waals surface area contributed by atoms with E-state index >= 15 is 0 Å². The zero-order chi connectivity index (χ0) is 13.7. The molecule has 1 aliphatic carbocycles. The van der Waals surface area contributed by atoms with Crippen LogP contribution in [0, 0.1) is 0 Å². The van der Waals surface area contributed by atoms with Crippen molar-refractivity contribution in [2.45, 2.75) is 44.6 Å². The minimum Gasteiger partial charge on any atom is -0.383 e. The third-order valence-electron chi connectivity index (χ3n) is 3.43. The summed E-state index contributed by atoms with van der Waals surface area (Å²) in [4.78, 5) is 15.7. The van der Waals surface area contributed by atoms with Gasteiger partial charge < -0.3 is 9.94 Å². The van der Waals surface area contributed by atoms with Gasteiger partial charge in [0.25, 0.3) is 0 Å². The highest BCUT2D eigenvalue weighted by Crippen LogP contribution is 2.31. The van der Waals surface area contributed by atoms with E-state index in [2.05, 4.69) is 5.16 Å². The summed E-state index contributed by atoms with van der Waals surface area (Å²) >= 11 is 0. The number of carbonyl (C=O) groups excluding carboxylic acids is 1. The average Bonchev–Trinajstić information content (AvgIpc) is 2.40. The molecule has 0 heterocycles. The molecule has 4 nitrogen and oxygen atoms in total. The van der Waals surface area contributed by atoms with E-state index in [4.69, 9.17) is 4.84 Å². The summed E-state index contributed by atoms with van der Waals surface area (Å²) in [5, 5.41) is 14.7. The third kappa shape index (κ3) is 3.41. The first kappa shape index (κ1) is 13.7. The van der Waals surface area contributed by atoms with Crippen LogP contribution in [0.4, 0.5) is 0 Å². The first-order valence-electron chi connectivity index (χ1n) is 6.66. The zero-order valence-corrected chi connectivity index (χ0v) is 11.1. The highest BCUT2D eigenvalue weighted by atomic mass is 16.7. The molecule has 0 aromatic heterocycles. The van der Waals surface area contributed by atoms with Gasteiger partial charge in [0.05, 0.1) is 0 Å². The molecule has 0 radical (unpaired) electrons. The zero-order valence-electron chi connectivity index (χ0n) is 11.1. The van der Waals surface area contributed by atoms with Crippen LogP contribution in [-0.4, -0.2) is 22.4 Å². The Morgan fingerprint density at radius 1 is 1.21 bits per heavy atom. The lowest BCUT2D eigenvalue weighted by Gasteiger charge is -2.32. The molecule has 1 aromatic carbocycles. The molecule has 102 valence electrons. The number of nitrogens with zero attached hydrogens (tertiary/aromatic N) is 1. The van der Waals surface area contributed by atoms with Gasteiger partial charge in [0.1, 0.15) is 11.3 Å². The second-order valence-electron chi connectivity index (χ2n) is 4.98.